The molecule has 0 saturated carbocycles. The summed E-state index contributed by atoms with van der Waals surface area (Å²) < 4.78 is 16.3. The summed E-state index contributed by atoms with van der Waals surface area (Å²) in [6.45, 7) is 1.87. The van der Waals surface area contributed by atoms with Gasteiger partial charge in [-0.25, -0.2) is 0 Å². The minimum atomic E-state index is -0.425. The number of hydrogen-bond acceptors (Lipinski definition) is 6. The third kappa shape index (κ3) is 5.51. The zero-order chi connectivity index (χ0) is 23.1. The summed E-state index contributed by atoms with van der Waals surface area (Å²) in [7, 11) is 3.14. The van der Waals surface area contributed by atoms with Crippen LogP contribution in [0.4, 0.5) is 5.69 Å². The predicted octanol–water partition coefficient (Wildman–Crippen LogP) is 5.40. The number of ketones is 1. The summed E-state index contributed by atoms with van der Waals surface area (Å²) in [4.78, 5) is 23.0. The maximum atomic E-state index is 12.4. The van der Waals surface area contributed by atoms with Gasteiger partial charge in [-0.1, -0.05) is 12.1 Å². The minimum Gasteiger partial charge on any atom is -0.497 e. The summed E-state index contributed by atoms with van der Waals surface area (Å²) >= 11 is 0. The molecule has 0 aliphatic carbocycles. The molecule has 0 saturated heterocycles. The van der Waals surface area contributed by atoms with Crippen molar-refractivity contribution < 1.29 is 23.9 Å². The van der Waals surface area contributed by atoms with E-state index in [4.69, 9.17) is 14.2 Å². The van der Waals surface area contributed by atoms with Crippen LogP contribution in [0.2, 0.25) is 0 Å². The van der Waals surface area contributed by atoms with Crippen molar-refractivity contribution in [1.82, 2.24) is 0 Å². The minimum absolute atomic E-state index is 0.0450. The standard InChI is InChI=1S/C25H23NO6/c1-17-14-22(10-11-23(17)26(28)29)32-16-20-15-18(5-13-25(20)31-3)4-12-24(27)19-6-8-21(30-2)9-7-19/h4-15H,16H2,1-3H3/b12-4+. The molecule has 0 aliphatic rings. The SMILES string of the molecule is COc1ccc(C(=O)/C=C/c2ccc(OC)c(COc3ccc([N+](=O)[O-])c(C)c3)c2)cc1. The third-order valence-electron chi connectivity index (χ3n) is 4.87. The topological polar surface area (TPSA) is 87.9 Å². The maximum absolute atomic E-state index is 12.4. The summed E-state index contributed by atoms with van der Waals surface area (Å²) in [5.41, 5.74) is 2.72. The van der Waals surface area contributed by atoms with Gasteiger partial charge in [-0.2, -0.15) is 0 Å². The number of aryl methyl sites for hydroxylation is 1. The van der Waals surface area contributed by atoms with Crippen LogP contribution in [0.5, 0.6) is 17.2 Å². The third-order valence-corrected chi connectivity index (χ3v) is 4.87. The monoisotopic (exact) mass is 433 g/mol. The van der Waals surface area contributed by atoms with Gasteiger partial charge in [0.25, 0.3) is 5.69 Å². The van der Waals surface area contributed by atoms with Crippen molar-refractivity contribution >= 4 is 17.5 Å². The fourth-order valence-corrected chi connectivity index (χ4v) is 3.12. The molecule has 0 aromatic heterocycles. The molecule has 7 nitrogen and oxygen atoms in total. The number of ether oxygens (including phenoxy) is 3. The van der Waals surface area contributed by atoms with Crippen molar-refractivity contribution in [3.8, 4) is 17.2 Å². The Hall–Kier alpha value is -4.13. The highest BCUT2D eigenvalue weighted by molar-refractivity contribution is 6.06. The Balaban J connectivity index is 1.73. The van der Waals surface area contributed by atoms with Crippen LogP contribution in [0, 0.1) is 17.0 Å². The van der Waals surface area contributed by atoms with Crippen LogP contribution in [-0.4, -0.2) is 24.9 Å². The van der Waals surface area contributed by atoms with E-state index < -0.39 is 4.92 Å². The van der Waals surface area contributed by atoms with E-state index in [0.29, 0.717) is 28.4 Å². The Kier molecular flexibility index (Phi) is 7.23. The Bertz CT molecular complexity index is 1150. The molecule has 0 atom stereocenters. The quantitative estimate of drug-likeness (QED) is 0.194. The lowest BCUT2D eigenvalue weighted by Crippen LogP contribution is -2.00. The molecule has 0 amide bonds. The molecular formula is C25H23NO6. The van der Waals surface area contributed by atoms with Crippen LogP contribution in [0.1, 0.15) is 27.0 Å². The van der Waals surface area contributed by atoms with Gasteiger partial charge in [-0.05, 0) is 67.1 Å². The van der Waals surface area contributed by atoms with Crippen molar-refractivity contribution in [3.63, 3.8) is 0 Å². The van der Waals surface area contributed by atoms with E-state index in [-0.39, 0.29) is 18.1 Å². The van der Waals surface area contributed by atoms with Gasteiger partial charge < -0.3 is 14.2 Å². The van der Waals surface area contributed by atoms with E-state index in [0.717, 1.165) is 11.1 Å². The van der Waals surface area contributed by atoms with Crippen LogP contribution in [-0.2, 0) is 6.61 Å². The zero-order valence-electron chi connectivity index (χ0n) is 18.0. The van der Waals surface area contributed by atoms with E-state index >= 15 is 0 Å². The Morgan fingerprint density at radius 1 is 0.969 bits per heavy atom. The van der Waals surface area contributed by atoms with E-state index in [1.54, 1.807) is 69.7 Å². The second kappa shape index (κ2) is 10.3. The average molecular weight is 433 g/mol. The number of nitro benzene ring substituents is 1. The molecule has 0 unspecified atom stereocenters. The molecule has 0 bridgehead atoms. The van der Waals surface area contributed by atoms with Crippen LogP contribution in [0.3, 0.4) is 0 Å². The van der Waals surface area contributed by atoms with Gasteiger partial charge in [0.1, 0.15) is 23.9 Å². The van der Waals surface area contributed by atoms with Crippen LogP contribution < -0.4 is 14.2 Å². The summed E-state index contributed by atoms with van der Waals surface area (Å²) in [5.74, 6) is 1.73. The largest absolute Gasteiger partial charge is 0.497 e. The van der Waals surface area contributed by atoms with Gasteiger partial charge in [-0.15, -0.1) is 0 Å². The van der Waals surface area contributed by atoms with Gasteiger partial charge in [0, 0.05) is 22.8 Å². The van der Waals surface area contributed by atoms with Gasteiger partial charge in [0.2, 0.25) is 0 Å². The van der Waals surface area contributed by atoms with Crippen molar-refractivity contribution in [1.29, 1.82) is 0 Å². The first-order valence-corrected chi connectivity index (χ1v) is 9.82. The highest BCUT2D eigenvalue weighted by Gasteiger charge is 2.12. The fraction of sp³-hybridized carbons (Fsp3) is 0.160. The molecule has 3 aromatic carbocycles. The summed E-state index contributed by atoms with van der Waals surface area (Å²) in [6.07, 6.45) is 3.24. The molecule has 0 spiro atoms. The summed E-state index contributed by atoms with van der Waals surface area (Å²) in [6, 6.07) is 17.0. The van der Waals surface area contributed by atoms with E-state index in [2.05, 4.69) is 0 Å². The highest BCUT2D eigenvalue weighted by atomic mass is 16.6. The van der Waals surface area contributed by atoms with Crippen LogP contribution >= 0.6 is 0 Å². The molecule has 7 heteroatoms. The van der Waals surface area contributed by atoms with Crippen molar-refractivity contribution in [2.45, 2.75) is 13.5 Å². The second-order valence-electron chi connectivity index (χ2n) is 6.99. The average Bonchev–Trinajstić information content (AvgIpc) is 2.81. The lowest BCUT2D eigenvalue weighted by atomic mass is 10.1. The van der Waals surface area contributed by atoms with Gasteiger partial charge >= 0.3 is 0 Å². The smallest absolute Gasteiger partial charge is 0.272 e. The molecule has 0 heterocycles. The van der Waals surface area contributed by atoms with Crippen molar-refractivity contribution in [3.05, 3.63) is 99.1 Å². The number of nitrogens with zero attached hydrogens (tertiary/aromatic N) is 1. The maximum Gasteiger partial charge on any atom is 0.272 e. The van der Waals surface area contributed by atoms with Crippen molar-refractivity contribution in [2.24, 2.45) is 0 Å². The molecule has 32 heavy (non-hydrogen) atoms. The van der Waals surface area contributed by atoms with E-state index in [9.17, 15) is 14.9 Å². The lowest BCUT2D eigenvalue weighted by Gasteiger charge is -2.12. The number of methoxy groups -OCH3 is 2. The molecule has 3 aromatic rings. The van der Waals surface area contributed by atoms with Gasteiger partial charge in [0.15, 0.2) is 5.78 Å². The Morgan fingerprint density at radius 2 is 1.69 bits per heavy atom. The predicted molar refractivity (Wildman–Crippen MR) is 122 cm³/mol. The number of carbonyl (C=O) groups is 1. The molecule has 164 valence electrons. The lowest BCUT2D eigenvalue weighted by molar-refractivity contribution is -0.385. The van der Waals surface area contributed by atoms with E-state index in [1.807, 2.05) is 12.1 Å². The first-order valence-electron chi connectivity index (χ1n) is 9.82. The molecule has 0 N–H and O–H groups in total. The first-order chi connectivity index (χ1) is 15.4. The molecular weight excluding hydrogens is 410 g/mol. The van der Waals surface area contributed by atoms with Crippen molar-refractivity contribution in [2.75, 3.05) is 14.2 Å². The zero-order valence-corrected chi connectivity index (χ0v) is 18.0. The van der Waals surface area contributed by atoms with E-state index in [1.165, 1.54) is 12.1 Å². The fourth-order valence-electron chi connectivity index (χ4n) is 3.12. The van der Waals surface area contributed by atoms with Gasteiger partial charge in [0.05, 0.1) is 19.1 Å². The molecule has 0 fully saturated rings. The number of nitro groups is 1. The number of carbonyl (C=O) groups excluding carboxylic acids is 1. The molecule has 0 radical (unpaired) electrons. The van der Waals surface area contributed by atoms with Gasteiger partial charge in [-0.3, -0.25) is 14.9 Å². The number of allylic oxidation sites excluding steroid dienone is 1. The Morgan fingerprint density at radius 3 is 2.31 bits per heavy atom. The highest BCUT2D eigenvalue weighted by Crippen LogP contribution is 2.26. The number of hydrogen-bond donors (Lipinski definition) is 0. The number of benzene rings is 3. The number of rotatable bonds is 9. The second-order valence-corrected chi connectivity index (χ2v) is 6.99. The van der Waals surface area contributed by atoms with Crippen LogP contribution in [0.15, 0.2) is 66.7 Å². The Labute approximate surface area is 186 Å². The van der Waals surface area contributed by atoms with Crippen LogP contribution in [0.25, 0.3) is 6.08 Å². The first kappa shape index (κ1) is 22.6. The summed E-state index contributed by atoms with van der Waals surface area (Å²) in [5, 5.41) is 11.0. The molecule has 0 aliphatic heterocycles. The normalized spacial score (nSPS) is 10.7. The molecule has 3 rings (SSSR count).